The zero-order valence-corrected chi connectivity index (χ0v) is 14.5. The minimum atomic E-state index is 0.153. The third kappa shape index (κ3) is 2.97. The number of nitrogens with zero attached hydrogens (tertiary/aromatic N) is 3. The second-order valence-corrected chi connectivity index (χ2v) is 7.24. The van der Waals surface area contributed by atoms with E-state index in [1.807, 2.05) is 28.8 Å². The van der Waals surface area contributed by atoms with Crippen molar-refractivity contribution < 1.29 is 0 Å². The lowest BCUT2D eigenvalue weighted by atomic mass is 9.87. The molecular weight excluding hydrogens is 338 g/mol. The van der Waals surface area contributed by atoms with Gasteiger partial charge in [-0.1, -0.05) is 61.0 Å². The van der Waals surface area contributed by atoms with Crippen molar-refractivity contribution in [3.05, 3.63) is 64.9 Å². The molecule has 0 saturated heterocycles. The standard InChI is InChI=1S/C18H18BrN3/c1-18(2,3)14-6-10-16(11-7-14)22-12-20-21-17(22)13-4-8-15(19)9-5-13/h4-12H,1-3H3. The summed E-state index contributed by atoms with van der Waals surface area (Å²) in [6.07, 6.45) is 1.75. The van der Waals surface area contributed by atoms with Crippen LogP contribution in [0.4, 0.5) is 0 Å². The van der Waals surface area contributed by atoms with Gasteiger partial charge in [0, 0.05) is 15.7 Å². The molecule has 0 atom stereocenters. The Morgan fingerprint density at radius 1 is 0.909 bits per heavy atom. The largest absolute Gasteiger partial charge is 0.282 e. The van der Waals surface area contributed by atoms with Crippen molar-refractivity contribution in [2.75, 3.05) is 0 Å². The molecule has 0 bridgehead atoms. The van der Waals surface area contributed by atoms with Gasteiger partial charge in [0.05, 0.1) is 0 Å². The van der Waals surface area contributed by atoms with Crippen molar-refractivity contribution in [2.24, 2.45) is 0 Å². The summed E-state index contributed by atoms with van der Waals surface area (Å²) < 4.78 is 3.06. The molecule has 3 rings (SSSR count). The van der Waals surface area contributed by atoms with Gasteiger partial charge in [0.15, 0.2) is 5.82 Å². The second-order valence-electron chi connectivity index (χ2n) is 6.33. The molecule has 0 amide bonds. The molecule has 0 spiro atoms. The number of benzene rings is 2. The fraction of sp³-hybridized carbons (Fsp3) is 0.222. The maximum absolute atomic E-state index is 4.26. The van der Waals surface area contributed by atoms with Gasteiger partial charge in [-0.2, -0.15) is 0 Å². The Morgan fingerprint density at radius 2 is 1.55 bits per heavy atom. The van der Waals surface area contributed by atoms with E-state index in [2.05, 4.69) is 71.2 Å². The molecule has 0 N–H and O–H groups in total. The van der Waals surface area contributed by atoms with E-state index in [4.69, 9.17) is 0 Å². The van der Waals surface area contributed by atoms with Gasteiger partial charge in [0.25, 0.3) is 0 Å². The summed E-state index contributed by atoms with van der Waals surface area (Å²) in [6.45, 7) is 6.65. The van der Waals surface area contributed by atoms with Crippen LogP contribution in [0, 0.1) is 0 Å². The topological polar surface area (TPSA) is 30.7 Å². The molecular formula is C18H18BrN3. The maximum atomic E-state index is 4.26. The Hall–Kier alpha value is -1.94. The lowest BCUT2D eigenvalue weighted by Crippen LogP contribution is -2.10. The molecule has 2 aromatic carbocycles. The molecule has 3 nitrogen and oxygen atoms in total. The van der Waals surface area contributed by atoms with Gasteiger partial charge in [-0.25, -0.2) is 0 Å². The molecule has 1 heterocycles. The van der Waals surface area contributed by atoms with Crippen LogP contribution in [-0.2, 0) is 5.41 Å². The van der Waals surface area contributed by atoms with Crippen LogP contribution < -0.4 is 0 Å². The van der Waals surface area contributed by atoms with E-state index < -0.39 is 0 Å². The second kappa shape index (κ2) is 5.69. The highest BCUT2D eigenvalue weighted by Crippen LogP contribution is 2.26. The van der Waals surface area contributed by atoms with Crippen LogP contribution in [0.25, 0.3) is 17.1 Å². The Balaban J connectivity index is 2.00. The van der Waals surface area contributed by atoms with Crippen molar-refractivity contribution in [3.63, 3.8) is 0 Å². The highest BCUT2D eigenvalue weighted by Gasteiger charge is 2.14. The zero-order chi connectivity index (χ0) is 15.7. The van der Waals surface area contributed by atoms with Crippen molar-refractivity contribution in [3.8, 4) is 17.1 Å². The molecule has 0 saturated carbocycles. The first kappa shape index (κ1) is 15.0. The first-order chi connectivity index (χ1) is 10.4. The van der Waals surface area contributed by atoms with Crippen LogP contribution in [0.15, 0.2) is 59.3 Å². The molecule has 0 aliphatic carbocycles. The predicted octanol–water partition coefficient (Wildman–Crippen LogP) is 4.99. The molecule has 0 fully saturated rings. The van der Waals surface area contributed by atoms with Gasteiger partial charge in [-0.3, -0.25) is 4.57 Å². The summed E-state index contributed by atoms with van der Waals surface area (Å²) in [7, 11) is 0. The number of rotatable bonds is 2. The Morgan fingerprint density at radius 3 is 2.14 bits per heavy atom. The lowest BCUT2D eigenvalue weighted by molar-refractivity contribution is 0.590. The summed E-state index contributed by atoms with van der Waals surface area (Å²) in [4.78, 5) is 0. The molecule has 22 heavy (non-hydrogen) atoms. The third-order valence-electron chi connectivity index (χ3n) is 3.66. The van der Waals surface area contributed by atoms with E-state index >= 15 is 0 Å². The van der Waals surface area contributed by atoms with Gasteiger partial charge in [0.2, 0.25) is 0 Å². The average molecular weight is 356 g/mol. The number of halogens is 1. The molecule has 0 radical (unpaired) electrons. The molecule has 3 aromatic rings. The molecule has 0 aliphatic heterocycles. The van der Waals surface area contributed by atoms with Crippen molar-refractivity contribution in [1.82, 2.24) is 14.8 Å². The third-order valence-corrected chi connectivity index (χ3v) is 4.19. The van der Waals surface area contributed by atoms with Crippen LogP contribution in [0.1, 0.15) is 26.3 Å². The Labute approximate surface area is 139 Å². The lowest BCUT2D eigenvalue weighted by Gasteiger charge is -2.19. The Bertz CT molecular complexity index is 765. The van der Waals surface area contributed by atoms with Gasteiger partial charge in [-0.05, 0) is 35.2 Å². The van der Waals surface area contributed by atoms with Crippen LogP contribution in [0.3, 0.4) is 0 Å². The van der Waals surface area contributed by atoms with Crippen molar-refractivity contribution in [1.29, 1.82) is 0 Å². The van der Waals surface area contributed by atoms with E-state index in [1.54, 1.807) is 6.33 Å². The van der Waals surface area contributed by atoms with Crippen molar-refractivity contribution in [2.45, 2.75) is 26.2 Å². The van der Waals surface area contributed by atoms with Gasteiger partial charge >= 0.3 is 0 Å². The maximum Gasteiger partial charge on any atom is 0.168 e. The molecule has 112 valence electrons. The normalized spacial score (nSPS) is 11.6. The highest BCUT2D eigenvalue weighted by molar-refractivity contribution is 9.10. The molecule has 1 aromatic heterocycles. The monoisotopic (exact) mass is 355 g/mol. The highest BCUT2D eigenvalue weighted by atomic mass is 79.9. The van der Waals surface area contributed by atoms with Crippen LogP contribution in [-0.4, -0.2) is 14.8 Å². The van der Waals surface area contributed by atoms with Crippen LogP contribution in [0.5, 0.6) is 0 Å². The van der Waals surface area contributed by atoms with E-state index in [1.165, 1.54) is 5.56 Å². The van der Waals surface area contributed by atoms with Crippen LogP contribution >= 0.6 is 15.9 Å². The van der Waals surface area contributed by atoms with Gasteiger partial charge < -0.3 is 0 Å². The minimum Gasteiger partial charge on any atom is -0.282 e. The van der Waals surface area contributed by atoms with Gasteiger partial charge in [-0.15, -0.1) is 10.2 Å². The molecule has 4 heteroatoms. The quantitative estimate of drug-likeness (QED) is 0.647. The van der Waals surface area contributed by atoms with Crippen molar-refractivity contribution >= 4 is 15.9 Å². The number of hydrogen-bond acceptors (Lipinski definition) is 2. The number of hydrogen-bond donors (Lipinski definition) is 0. The van der Waals surface area contributed by atoms with E-state index in [0.29, 0.717) is 0 Å². The van der Waals surface area contributed by atoms with E-state index in [-0.39, 0.29) is 5.41 Å². The summed E-state index contributed by atoms with van der Waals surface area (Å²) in [5.74, 6) is 0.844. The van der Waals surface area contributed by atoms with E-state index in [0.717, 1.165) is 21.5 Å². The van der Waals surface area contributed by atoms with Crippen LogP contribution in [0.2, 0.25) is 0 Å². The average Bonchev–Trinajstić information content (AvgIpc) is 2.97. The Kier molecular flexibility index (Phi) is 3.87. The molecule has 0 aliphatic rings. The SMILES string of the molecule is CC(C)(C)c1ccc(-n2cnnc2-c2ccc(Br)cc2)cc1. The summed E-state index contributed by atoms with van der Waals surface area (Å²) in [5, 5.41) is 8.33. The summed E-state index contributed by atoms with van der Waals surface area (Å²) >= 11 is 3.46. The smallest absolute Gasteiger partial charge is 0.168 e. The number of aromatic nitrogens is 3. The predicted molar refractivity (Wildman–Crippen MR) is 93.2 cm³/mol. The summed E-state index contributed by atoms with van der Waals surface area (Å²) in [5.41, 5.74) is 3.58. The first-order valence-corrected chi connectivity index (χ1v) is 8.01. The molecule has 0 unspecified atom stereocenters. The zero-order valence-electron chi connectivity index (χ0n) is 12.9. The minimum absolute atomic E-state index is 0.153. The first-order valence-electron chi connectivity index (χ1n) is 7.22. The van der Waals surface area contributed by atoms with Gasteiger partial charge in [0.1, 0.15) is 6.33 Å². The summed E-state index contributed by atoms with van der Waals surface area (Å²) in [6, 6.07) is 16.7. The van der Waals surface area contributed by atoms with E-state index in [9.17, 15) is 0 Å². The fourth-order valence-corrected chi connectivity index (χ4v) is 2.61. The fourth-order valence-electron chi connectivity index (χ4n) is 2.34.